The van der Waals surface area contributed by atoms with Crippen LogP contribution in [-0.2, 0) is 27.4 Å². The number of aromatic hydroxyl groups is 1. The first kappa shape index (κ1) is 41.3. The van der Waals surface area contributed by atoms with E-state index in [2.05, 4.69) is 5.32 Å². The second-order valence-corrected chi connectivity index (χ2v) is 14.6. The van der Waals surface area contributed by atoms with Gasteiger partial charge in [-0.15, -0.1) is 0 Å². The number of carbonyl (C=O) groups excluding carboxylic acids is 2. The lowest BCUT2D eigenvalue weighted by molar-refractivity contribution is -0.304. The average molecular weight is 817 g/mol. The summed E-state index contributed by atoms with van der Waals surface area (Å²) in [4.78, 5) is 39.6. The van der Waals surface area contributed by atoms with E-state index in [0.717, 1.165) is 16.7 Å². The molecular weight excluding hydrogens is 773 g/mol. The molecule has 5 N–H and O–H groups in total. The Morgan fingerprint density at radius 2 is 1.43 bits per heavy atom. The quantitative estimate of drug-likeness (QED) is 0.0854. The molecule has 0 aliphatic carbocycles. The van der Waals surface area contributed by atoms with Gasteiger partial charge in [0.1, 0.15) is 42.1 Å². The molecule has 5 aromatic carbocycles. The highest BCUT2D eigenvalue weighted by molar-refractivity contribution is 6.09. The number of primary amides is 1. The minimum atomic E-state index is -1.54. The molecule has 0 unspecified atom stereocenters. The van der Waals surface area contributed by atoms with Gasteiger partial charge in [0, 0.05) is 24.3 Å². The fraction of sp³-hybridized carbons (Fsp3) is 0.239. The maximum absolute atomic E-state index is 14.3. The monoisotopic (exact) mass is 816 g/mol. The number of aliphatic hydroxyl groups excluding tert-OH is 1. The summed E-state index contributed by atoms with van der Waals surface area (Å²) in [5.41, 5.74) is 5.97. The molecule has 1 aliphatic heterocycles. The first-order valence-electron chi connectivity index (χ1n) is 19.0. The molecule has 2 amide bonds. The summed E-state index contributed by atoms with van der Waals surface area (Å²) in [5.74, 6) is -0.599. The molecule has 1 aliphatic rings. The largest absolute Gasteiger partial charge is 0.505 e. The van der Waals surface area contributed by atoms with E-state index in [-0.39, 0.29) is 46.8 Å². The fourth-order valence-electron chi connectivity index (χ4n) is 7.15. The molecule has 310 valence electrons. The highest BCUT2D eigenvalue weighted by Gasteiger charge is 2.53. The molecule has 1 saturated heterocycles. The molecule has 0 saturated carbocycles. The Bertz CT molecular complexity index is 2540. The molecule has 4 atom stereocenters. The van der Waals surface area contributed by atoms with Crippen LogP contribution in [0, 0.1) is 6.92 Å². The molecule has 14 heteroatoms. The molecular formula is C46H44N2O12. The van der Waals surface area contributed by atoms with Crippen molar-refractivity contribution in [3.8, 4) is 34.1 Å². The van der Waals surface area contributed by atoms with E-state index >= 15 is 0 Å². The Hall–Kier alpha value is -6.87. The van der Waals surface area contributed by atoms with Crippen LogP contribution in [0.15, 0.2) is 124 Å². The zero-order chi connectivity index (χ0) is 42.6. The van der Waals surface area contributed by atoms with Crippen molar-refractivity contribution in [3.05, 3.63) is 148 Å². The van der Waals surface area contributed by atoms with Gasteiger partial charge in [-0.05, 0) is 55.7 Å². The van der Waals surface area contributed by atoms with Crippen molar-refractivity contribution in [2.45, 2.75) is 64.2 Å². The summed E-state index contributed by atoms with van der Waals surface area (Å²) in [6.45, 7) is 5.25. The van der Waals surface area contributed by atoms with Gasteiger partial charge in [-0.2, -0.15) is 0 Å². The van der Waals surface area contributed by atoms with Gasteiger partial charge in [-0.1, -0.05) is 91.0 Å². The molecule has 7 rings (SSSR count). The predicted molar refractivity (Wildman–Crippen MR) is 221 cm³/mol. The van der Waals surface area contributed by atoms with Crippen LogP contribution in [0.5, 0.6) is 23.0 Å². The molecule has 2 heterocycles. The number of rotatable bonds is 13. The number of nitrogens with one attached hydrogen (secondary N) is 1. The number of fused-ring (bicyclic) bond motifs is 1. The molecule has 0 bridgehead atoms. The van der Waals surface area contributed by atoms with E-state index < -0.39 is 59.3 Å². The molecule has 6 aromatic rings. The van der Waals surface area contributed by atoms with Gasteiger partial charge in [0.05, 0.1) is 16.6 Å². The van der Waals surface area contributed by atoms with Crippen LogP contribution in [-0.4, -0.2) is 59.5 Å². The van der Waals surface area contributed by atoms with Gasteiger partial charge in [-0.25, -0.2) is 9.59 Å². The van der Waals surface area contributed by atoms with Gasteiger partial charge in [0.15, 0.2) is 23.6 Å². The zero-order valence-electron chi connectivity index (χ0n) is 33.2. The Labute approximate surface area is 345 Å². The van der Waals surface area contributed by atoms with Gasteiger partial charge >= 0.3 is 11.7 Å². The molecule has 1 fully saturated rings. The van der Waals surface area contributed by atoms with E-state index in [1.165, 1.54) is 19.2 Å². The van der Waals surface area contributed by atoms with Gasteiger partial charge in [0.25, 0.3) is 5.91 Å². The zero-order valence-corrected chi connectivity index (χ0v) is 33.2. The third-order valence-corrected chi connectivity index (χ3v) is 10.1. The van der Waals surface area contributed by atoms with Crippen molar-refractivity contribution in [2.24, 2.45) is 5.73 Å². The summed E-state index contributed by atoms with van der Waals surface area (Å²) in [6, 6.07) is 34.6. The normalized spacial score (nSPS) is 18.4. The SMILES string of the molecule is CO[C@@H]1[C@@H](OC(N)=O)[C@@H](O)[C@H](Oc2ccc3c(O)c(NC(=O)c4cc(-c5ccccc5)c(OCc5ccccc5)cc4OCc4ccccc4)c(=O)oc3c2C)OC1(C)C. The summed E-state index contributed by atoms with van der Waals surface area (Å²) in [7, 11) is 1.37. The summed E-state index contributed by atoms with van der Waals surface area (Å²) < 4.78 is 41.0. The lowest BCUT2D eigenvalue weighted by Crippen LogP contribution is -2.65. The van der Waals surface area contributed by atoms with Crippen LogP contribution < -0.4 is 30.9 Å². The highest BCUT2D eigenvalue weighted by Crippen LogP contribution is 2.41. The summed E-state index contributed by atoms with van der Waals surface area (Å²) >= 11 is 0. The smallest absolute Gasteiger partial charge is 0.404 e. The Morgan fingerprint density at radius 3 is 2.03 bits per heavy atom. The van der Waals surface area contributed by atoms with Crippen LogP contribution in [0.4, 0.5) is 10.5 Å². The lowest BCUT2D eigenvalue weighted by atomic mass is 9.89. The van der Waals surface area contributed by atoms with Gasteiger partial charge < -0.3 is 54.1 Å². The van der Waals surface area contributed by atoms with Gasteiger partial charge in [0.2, 0.25) is 6.29 Å². The molecule has 0 spiro atoms. The van der Waals surface area contributed by atoms with E-state index in [4.69, 9.17) is 38.6 Å². The van der Waals surface area contributed by atoms with Crippen LogP contribution >= 0.6 is 0 Å². The van der Waals surface area contributed by atoms with E-state index in [1.807, 2.05) is 91.0 Å². The predicted octanol–water partition coefficient (Wildman–Crippen LogP) is 7.24. The van der Waals surface area contributed by atoms with Crippen LogP contribution in [0.1, 0.15) is 40.9 Å². The molecule has 14 nitrogen and oxygen atoms in total. The van der Waals surface area contributed by atoms with Crippen molar-refractivity contribution in [1.29, 1.82) is 0 Å². The van der Waals surface area contributed by atoms with Crippen molar-refractivity contribution in [2.75, 3.05) is 12.4 Å². The van der Waals surface area contributed by atoms with Gasteiger partial charge in [-0.3, -0.25) is 4.79 Å². The van der Waals surface area contributed by atoms with E-state index in [0.29, 0.717) is 11.3 Å². The number of aliphatic hydroxyl groups is 1. The first-order valence-corrected chi connectivity index (χ1v) is 19.0. The van der Waals surface area contributed by atoms with E-state index in [9.17, 15) is 24.6 Å². The second kappa shape index (κ2) is 17.5. The number of carbonyl (C=O) groups is 2. The van der Waals surface area contributed by atoms with Crippen molar-refractivity contribution >= 4 is 28.7 Å². The van der Waals surface area contributed by atoms with Crippen LogP contribution in [0.25, 0.3) is 22.1 Å². The number of ether oxygens (including phenoxy) is 6. The number of anilines is 1. The minimum Gasteiger partial charge on any atom is -0.505 e. The second-order valence-electron chi connectivity index (χ2n) is 14.6. The number of benzene rings is 5. The standard InChI is InChI=1S/C46H44N2O12/c1-26-33(57-44-38(50)40(59-45(47)53)41(54-4)46(2,3)60-44)21-20-30-37(49)36(43(52)58-39(26)30)48-42(51)32-22-31(29-18-12-7-13-19-29)34(55-24-27-14-8-5-9-15-27)23-35(32)56-25-28-16-10-6-11-17-28/h5-23,38,40-41,44,49-50H,24-25H2,1-4H3,(H2,47,53)(H,48,51)/t38-,40+,41-,44-/m1/s1. The lowest BCUT2D eigenvalue weighted by Gasteiger charge is -2.47. The molecule has 60 heavy (non-hydrogen) atoms. The Balaban J connectivity index is 1.22. The van der Waals surface area contributed by atoms with Crippen LogP contribution in [0.2, 0.25) is 0 Å². The maximum Gasteiger partial charge on any atom is 0.404 e. The fourth-order valence-corrected chi connectivity index (χ4v) is 7.15. The average Bonchev–Trinajstić information content (AvgIpc) is 3.24. The third-order valence-electron chi connectivity index (χ3n) is 10.1. The number of amides is 2. The Kier molecular flexibility index (Phi) is 12.1. The topological polar surface area (TPSA) is 198 Å². The van der Waals surface area contributed by atoms with Crippen molar-refractivity contribution in [1.82, 2.24) is 0 Å². The van der Waals surface area contributed by atoms with Crippen molar-refractivity contribution < 1.29 is 52.6 Å². The molecule has 1 aromatic heterocycles. The van der Waals surface area contributed by atoms with E-state index in [1.54, 1.807) is 32.9 Å². The number of hydrogen-bond donors (Lipinski definition) is 4. The summed E-state index contributed by atoms with van der Waals surface area (Å²) in [5, 5.41) is 25.3. The third kappa shape index (κ3) is 8.76. The maximum atomic E-state index is 14.3. The minimum absolute atomic E-state index is 0.0546. The van der Waals surface area contributed by atoms with Crippen molar-refractivity contribution in [3.63, 3.8) is 0 Å². The summed E-state index contributed by atoms with van der Waals surface area (Å²) in [6.07, 6.45) is -6.21. The van der Waals surface area contributed by atoms with Crippen LogP contribution in [0.3, 0.4) is 0 Å². The Morgan fingerprint density at radius 1 is 0.833 bits per heavy atom. The number of methoxy groups -OCH3 is 1. The highest BCUT2D eigenvalue weighted by atomic mass is 16.7. The number of nitrogens with two attached hydrogens (primary N) is 1. The molecule has 0 radical (unpaired) electrons. The number of hydrogen-bond acceptors (Lipinski definition) is 12. The first-order chi connectivity index (χ1) is 28.8. The number of aryl methyl sites for hydroxylation is 1.